The van der Waals surface area contributed by atoms with Gasteiger partial charge in [0.2, 0.25) is 5.91 Å². The highest BCUT2D eigenvalue weighted by molar-refractivity contribution is 7.99. The standard InChI is InChI=1S/C22H27NO2S/c1-22(2,3)15-20(24)23-13-14-26-21(23)18-9-11-19(12-10-18)25-16-17-7-5-4-6-8-17/h4-12,21H,13-16H2,1-3H3/t21-/m1/s1. The number of carbonyl (C=O) groups excluding carboxylic acids is 1. The third kappa shape index (κ3) is 5.04. The second-order valence-electron chi connectivity index (χ2n) is 7.89. The van der Waals surface area contributed by atoms with Gasteiger partial charge < -0.3 is 9.64 Å². The van der Waals surface area contributed by atoms with Crippen LogP contribution in [0, 0.1) is 5.41 Å². The number of hydrogen-bond donors (Lipinski definition) is 0. The summed E-state index contributed by atoms with van der Waals surface area (Å²) in [6.45, 7) is 7.73. The molecule has 1 atom stereocenters. The number of carbonyl (C=O) groups is 1. The van der Waals surface area contributed by atoms with Crippen molar-refractivity contribution in [2.75, 3.05) is 12.3 Å². The second kappa shape index (κ2) is 8.17. The molecule has 0 aromatic heterocycles. The van der Waals surface area contributed by atoms with Crippen molar-refractivity contribution in [3.05, 3.63) is 65.7 Å². The maximum absolute atomic E-state index is 12.7. The number of thioether (sulfide) groups is 1. The molecule has 3 rings (SSSR count). The summed E-state index contributed by atoms with van der Waals surface area (Å²) in [4.78, 5) is 14.7. The lowest BCUT2D eigenvalue weighted by molar-refractivity contribution is -0.133. The van der Waals surface area contributed by atoms with Crippen LogP contribution in [0.4, 0.5) is 0 Å². The van der Waals surface area contributed by atoms with Gasteiger partial charge in [-0.05, 0) is 28.7 Å². The molecule has 1 aliphatic heterocycles. The molecule has 2 aromatic carbocycles. The van der Waals surface area contributed by atoms with Crippen LogP contribution in [-0.4, -0.2) is 23.1 Å². The molecule has 1 aliphatic rings. The summed E-state index contributed by atoms with van der Waals surface area (Å²) in [6.07, 6.45) is 0.586. The maximum atomic E-state index is 12.7. The van der Waals surface area contributed by atoms with Crippen LogP contribution < -0.4 is 4.74 Å². The Labute approximate surface area is 160 Å². The van der Waals surface area contributed by atoms with Crippen molar-refractivity contribution in [3.63, 3.8) is 0 Å². The zero-order chi connectivity index (χ0) is 18.6. The van der Waals surface area contributed by atoms with Crippen molar-refractivity contribution in [3.8, 4) is 5.75 Å². The molecule has 0 bridgehead atoms. The van der Waals surface area contributed by atoms with Crippen molar-refractivity contribution in [1.82, 2.24) is 4.90 Å². The molecule has 4 heteroatoms. The van der Waals surface area contributed by atoms with Gasteiger partial charge in [-0.3, -0.25) is 4.79 Å². The van der Waals surface area contributed by atoms with Crippen molar-refractivity contribution in [1.29, 1.82) is 0 Å². The van der Waals surface area contributed by atoms with Crippen LogP contribution in [0.3, 0.4) is 0 Å². The molecule has 138 valence electrons. The summed E-state index contributed by atoms with van der Waals surface area (Å²) in [5, 5.41) is 0.119. The lowest BCUT2D eigenvalue weighted by atomic mass is 9.91. The monoisotopic (exact) mass is 369 g/mol. The molecule has 0 radical (unpaired) electrons. The number of hydrogen-bond acceptors (Lipinski definition) is 3. The van der Waals surface area contributed by atoms with Gasteiger partial charge in [0.05, 0.1) is 0 Å². The van der Waals surface area contributed by atoms with Crippen LogP contribution in [0.1, 0.15) is 43.7 Å². The lowest BCUT2D eigenvalue weighted by Gasteiger charge is -2.27. The summed E-state index contributed by atoms with van der Waals surface area (Å²) in [5.41, 5.74) is 2.34. The molecule has 0 N–H and O–H groups in total. The number of benzene rings is 2. The molecule has 1 saturated heterocycles. The first-order valence-electron chi connectivity index (χ1n) is 9.10. The third-order valence-corrected chi connectivity index (χ3v) is 5.57. The van der Waals surface area contributed by atoms with E-state index in [4.69, 9.17) is 4.74 Å². The van der Waals surface area contributed by atoms with Crippen LogP contribution in [0.5, 0.6) is 5.75 Å². The predicted octanol–water partition coefficient (Wildman–Crippen LogP) is 5.28. The molecule has 3 nitrogen and oxygen atoms in total. The van der Waals surface area contributed by atoms with Crippen molar-refractivity contribution < 1.29 is 9.53 Å². The van der Waals surface area contributed by atoms with Gasteiger partial charge in [0.25, 0.3) is 0 Å². The zero-order valence-corrected chi connectivity index (χ0v) is 16.6. The third-order valence-electron chi connectivity index (χ3n) is 4.31. The van der Waals surface area contributed by atoms with Crippen molar-refractivity contribution in [2.45, 2.75) is 39.2 Å². The van der Waals surface area contributed by atoms with Crippen LogP contribution in [0.2, 0.25) is 0 Å². The molecule has 2 aromatic rings. The smallest absolute Gasteiger partial charge is 0.224 e. The normalized spacial score (nSPS) is 17.3. The summed E-state index contributed by atoms with van der Waals surface area (Å²) < 4.78 is 5.86. The summed E-state index contributed by atoms with van der Waals surface area (Å²) in [6, 6.07) is 18.3. The molecule has 0 spiro atoms. The number of rotatable bonds is 5. The summed E-state index contributed by atoms with van der Waals surface area (Å²) >= 11 is 1.84. The first-order chi connectivity index (χ1) is 12.4. The minimum atomic E-state index is 0.0179. The van der Waals surface area contributed by atoms with Gasteiger partial charge in [-0.1, -0.05) is 63.2 Å². The Balaban J connectivity index is 1.63. The van der Waals surface area contributed by atoms with Gasteiger partial charge in [-0.2, -0.15) is 0 Å². The Hall–Kier alpha value is -1.94. The van der Waals surface area contributed by atoms with E-state index < -0.39 is 0 Å². The second-order valence-corrected chi connectivity index (χ2v) is 9.08. The highest BCUT2D eigenvalue weighted by Gasteiger charge is 2.32. The topological polar surface area (TPSA) is 29.5 Å². The molecule has 1 fully saturated rings. The average Bonchev–Trinajstić information content (AvgIpc) is 3.10. The minimum absolute atomic E-state index is 0.0179. The summed E-state index contributed by atoms with van der Waals surface area (Å²) in [7, 11) is 0. The van der Waals surface area contributed by atoms with E-state index in [0.29, 0.717) is 13.0 Å². The van der Waals surface area contributed by atoms with E-state index in [1.807, 2.05) is 47.0 Å². The average molecular weight is 370 g/mol. The molecule has 1 amide bonds. The van der Waals surface area contributed by atoms with Crippen LogP contribution in [-0.2, 0) is 11.4 Å². The van der Waals surface area contributed by atoms with Crippen molar-refractivity contribution in [2.24, 2.45) is 5.41 Å². The Morgan fingerprint density at radius 2 is 1.81 bits per heavy atom. The van der Waals surface area contributed by atoms with E-state index in [9.17, 15) is 4.79 Å². The Bertz CT molecular complexity index is 722. The largest absolute Gasteiger partial charge is 0.489 e. The lowest BCUT2D eigenvalue weighted by Crippen LogP contribution is -2.33. The van der Waals surface area contributed by atoms with E-state index in [2.05, 4.69) is 45.0 Å². The molecular weight excluding hydrogens is 342 g/mol. The minimum Gasteiger partial charge on any atom is -0.489 e. The first-order valence-corrected chi connectivity index (χ1v) is 10.1. The Morgan fingerprint density at radius 1 is 1.12 bits per heavy atom. The number of ether oxygens (including phenoxy) is 1. The maximum Gasteiger partial charge on any atom is 0.224 e. The van der Waals surface area contributed by atoms with Gasteiger partial charge in [0, 0.05) is 18.7 Å². The van der Waals surface area contributed by atoms with Gasteiger partial charge in [-0.15, -0.1) is 11.8 Å². The number of nitrogens with zero attached hydrogens (tertiary/aromatic N) is 1. The first kappa shape index (κ1) is 18.8. The quantitative estimate of drug-likeness (QED) is 0.718. The zero-order valence-electron chi connectivity index (χ0n) is 15.8. The fourth-order valence-corrected chi connectivity index (χ4v) is 4.30. The number of amides is 1. The van der Waals surface area contributed by atoms with E-state index in [-0.39, 0.29) is 16.7 Å². The fraction of sp³-hybridized carbons (Fsp3) is 0.409. The van der Waals surface area contributed by atoms with Gasteiger partial charge in [-0.25, -0.2) is 0 Å². The van der Waals surface area contributed by atoms with E-state index >= 15 is 0 Å². The SMILES string of the molecule is CC(C)(C)CC(=O)N1CCS[C@@H]1c1ccc(OCc2ccccc2)cc1. The van der Waals surface area contributed by atoms with Gasteiger partial charge >= 0.3 is 0 Å². The van der Waals surface area contributed by atoms with Crippen LogP contribution in [0.15, 0.2) is 54.6 Å². The molecule has 1 heterocycles. The van der Waals surface area contributed by atoms with Crippen molar-refractivity contribution >= 4 is 17.7 Å². The van der Waals surface area contributed by atoms with E-state index in [0.717, 1.165) is 23.6 Å². The van der Waals surface area contributed by atoms with Gasteiger partial charge in [0.1, 0.15) is 17.7 Å². The van der Waals surface area contributed by atoms with Gasteiger partial charge in [0.15, 0.2) is 0 Å². The molecule has 0 saturated carbocycles. The Morgan fingerprint density at radius 3 is 2.46 bits per heavy atom. The van der Waals surface area contributed by atoms with E-state index in [1.165, 1.54) is 5.56 Å². The predicted molar refractivity (Wildman–Crippen MR) is 108 cm³/mol. The van der Waals surface area contributed by atoms with E-state index in [1.54, 1.807) is 0 Å². The van der Waals surface area contributed by atoms with Crippen LogP contribution >= 0.6 is 11.8 Å². The summed E-state index contributed by atoms with van der Waals surface area (Å²) in [5.74, 6) is 2.09. The highest BCUT2D eigenvalue weighted by Crippen LogP contribution is 2.39. The fourth-order valence-electron chi connectivity index (χ4n) is 3.03. The van der Waals surface area contributed by atoms with Crippen LogP contribution in [0.25, 0.3) is 0 Å². The Kier molecular flexibility index (Phi) is 5.92. The highest BCUT2D eigenvalue weighted by atomic mass is 32.2. The molecule has 26 heavy (non-hydrogen) atoms. The molecular formula is C22H27NO2S. The molecule has 0 aliphatic carbocycles. The molecule has 0 unspecified atom stereocenters.